The number of rotatable bonds is 12. The lowest BCUT2D eigenvalue weighted by Gasteiger charge is -2.72. The average Bonchev–Trinajstić information content (AvgIpc) is 3.43. The molecule has 0 amide bonds. The number of likely N-dealkylation sites (N-methyl/N-ethyl adjacent to an activating group) is 1. The zero-order valence-electron chi connectivity index (χ0n) is 37.2. The second-order valence-corrected chi connectivity index (χ2v) is 22.3. The summed E-state index contributed by atoms with van der Waals surface area (Å²) < 4.78 is 6.46. The Kier molecular flexibility index (Phi) is 11.0. The van der Waals surface area contributed by atoms with E-state index in [1.165, 1.54) is 6.42 Å². The van der Waals surface area contributed by atoms with E-state index in [4.69, 9.17) is 4.74 Å². The molecule has 0 radical (unpaired) electrons. The van der Waals surface area contributed by atoms with Crippen LogP contribution in [0.5, 0.6) is 0 Å². The predicted octanol–water partition coefficient (Wildman–Crippen LogP) is 8.87. The maximum absolute atomic E-state index is 14.3. The summed E-state index contributed by atoms with van der Waals surface area (Å²) in [4.78, 5) is 53.3. The summed E-state index contributed by atoms with van der Waals surface area (Å²) in [6.45, 7) is 24.5. The average molecular weight is 787 g/mol. The number of allylic oxidation sites excluding steroid dienone is 2. The Morgan fingerprint density at radius 1 is 0.877 bits per heavy atom. The van der Waals surface area contributed by atoms with Crippen LogP contribution >= 0.6 is 0 Å². The fraction of sp³-hybridized carbons (Fsp3) is 0.812. The van der Waals surface area contributed by atoms with Crippen molar-refractivity contribution in [2.75, 3.05) is 33.7 Å². The van der Waals surface area contributed by atoms with Crippen molar-refractivity contribution in [2.24, 2.45) is 68.0 Å². The van der Waals surface area contributed by atoms with E-state index in [2.05, 4.69) is 82.3 Å². The number of nitrogens with zero attached hydrogens (tertiary/aromatic N) is 4. The van der Waals surface area contributed by atoms with E-state index in [1.54, 1.807) is 11.9 Å². The number of esters is 1. The number of carbonyl (C=O) groups excluding carboxylic acids is 2. The number of fused-ring (bicyclic) bond motifs is 7. The van der Waals surface area contributed by atoms with Crippen molar-refractivity contribution in [1.29, 1.82) is 0 Å². The van der Waals surface area contributed by atoms with E-state index in [0.29, 0.717) is 36.4 Å². The van der Waals surface area contributed by atoms with Crippen molar-refractivity contribution in [3.63, 3.8) is 0 Å². The quantitative estimate of drug-likeness (QED) is 0.208. The lowest BCUT2D eigenvalue weighted by molar-refractivity contribution is -0.236. The van der Waals surface area contributed by atoms with Gasteiger partial charge in [-0.05, 0) is 142 Å². The first-order valence-corrected chi connectivity index (χ1v) is 22.5. The van der Waals surface area contributed by atoms with Crippen LogP contribution in [0.1, 0.15) is 139 Å². The highest BCUT2D eigenvalue weighted by molar-refractivity contribution is 6.00. The van der Waals surface area contributed by atoms with Crippen LogP contribution in [0.25, 0.3) is 0 Å². The fourth-order valence-electron chi connectivity index (χ4n) is 14.8. The molecule has 0 aliphatic heterocycles. The molecule has 10 atom stereocenters. The predicted molar refractivity (Wildman–Crippen MR) is 223 cm³/mol. The van der Waals surface area contributed by atoms with E-state index < -0.39 is 17.3 Å². The zero-order chi connectivity index (χ0) is 41.5. The summed E-state index contributed by atoms with van der Waals surface area (Å²) in [6.07, 6.45) is 14.1. The minimum absolute atomic E-state index is 0.0728. The second-order valence-electron chi connectivity index (χ2n) is 22.3. The number of ether oxygens (including phenoxy) is 1. The molecule has 7 rings (SSSR count). The lowest BCUT2D eigenvalue weighted by atomic mass is 9.33. The monoisotopic (exact) mass is 787 g/mol. The van der Waals surface area contributed by atoms with Gasteiger partial charge in [-0.1, -0.05) is 67.9 Å². The van der Waals surface area contributed by atoms with Crippen LogP contribution in [0.3, 0.4) is 0 Å². The van der Waals surface area contributed by atoms with E-state index in [9.17, 15) is 19.5 Å². The maximum Gasteiger partial charge on any atom is 0.309 e. The molecule has 6 aliphatic carbocycles. The van der Waals surface area contributed by atoms with E-state index in [0.717, 1.165) is 88.8 Å². The van der Waals surface area contributed by atoms with Gasteiger partial charge in [-0.15, -0.1) is 0 Å². The number of aliphatic carboxylic acids is 1. The number of hydrogen-bond donors (Lipinski definition) is 1. The molecule has 1 aromatic rings. The van der Waals surface area contributed by atoms with Crippen molar-refractivity contribution in [3.8, 4) is 0 Å². The summed E-state index contributed by atoms with van der Waals surface area (Å²) >= 11 is 0. The highest BCUT2D eigenvalue weighted by Gasteiger charge is 2.70. The molecule has 0 spiro atoms. The van der Waals surface area contributed by atoms with Gasteiger partial charge in [0.1, 0.15) is 12.4 Å². The summed E-state index contributed by atoms with van der Waals surface area (Å²) in [7, 11) is 4.27. The van der Waals surface area contributed by atoms with Gasteiger partial charge in [0.15, 0.2) is 5.78 Å². The molecule has 9 nitrogen and oxygen atoms in total. The highest BCUT2D eigenvalue weighted by Crippen LogP contribution is 2.77. The second kappa shape index (κ2) is 14.8. The standard InChI is InChI=1S/C48H74N4O5/c1-30(2)39-35(53)27-48(21-23-52(25-24-51(10)11)28-31-16-22-49-29-50-31)20-19-46(8)32(40(39)48)12-13-37-45(7)17-15-38(44(5,6)36(45)14-18-47(37,46)9)57-42(56)34-26-33(41(54)55)43(34,3)4/h16,22,29-30,32-34,36-38H,12-15,17-21,23-28H2,1-11H3,(H,54,55)/t32-,33+,34-,36+,37-,38+,45+,46-,47-,48-/m1/s1. The van der Waals surface area contributed by atoms with Gasteiger partial charge in [0, 0.05) is 43.1 Å². The summed E-state index contributed by atoms with van der Waals surface area (Å²) in [5.74, 6) is 0.157. The van der Waals surface area contributed by atoms with E-state index in [1.807, 2.05) is 26.1 Å². The van der Waals surface area contributed by atoms with Gasteiger partial charge in [-0.3, -0.25) is 19.3 Å². The molecule has 0 saturated heterocycles. The van der Waals surface area contributed by atoms with Crippen LogP contribution < -0.4 is 0 Å². The smallest absolute Gasteiger partial charge is 0.309 e. The number of carboxylic acid groups (broad SMARTS) is 1. The van der Waals surface area contributed by atoms with Crippen molar-refractivity contribution in [1.82, 2.24) is 19.8 Å². The van der Waals surface area contributed by atoms with Crippen LogP contribution in [-0.4, -0.2) is 82.4 Å². The van der Waals surface area contributed by atoms with Crippen molar-refractivity contribution >= 4 is 17.7 Å². The Bertz CT molecular complexity index is 1760. The molecule has 57 heavy (non-hydrogen) atoms. The van der Waals surface area contributed by atoms with Crippen LogP contribution in [0.2, 0.25) is 0 Å². The normalized spacial score (nSPS) is 39.3. The highest BCUT2D eigenvalue weighted by atomic mass is 16.5. The third-order valence-corrected chi connectivity index (χ3v) is 18.4. The van der Waals surface area contributed by atoms with Crippen molar-refractivity contribution < 1.29 is 24.2 Å². The van der Waals surface area contributed by atoms with E-state index >= 15 is 0 Å². The van der Waals surface area contributed by atoms with Crippen molar-refractivity contribution in [2.45, 2.75) is 146 Å². The summed E-state index contributed by atoms with van der Waals surface area (Å²) in [5, 5.41) is 9.69. The Hall–Kier alpha value is -2.65. The largest absolute Gasteiger partial charge is 0.481 e. The van der Waals surface area contributed by atoms with Gasteiger partial charge >= 0.3 is 11.9 Å². The van der Waals surface area contributed by atoms with Crippen LogP contribution in [0, 0.1) is 68.0 Å². The third-order valence-electron chi connectivity index (χ3n) is 18.4. The van der Waals surface area contributed by atoms with Crippen LogP contribution in [0.4, 0.5) is 0 Å². The first kappa shape index (κ1) is 42.5. The summed E-state index contributed by atoms with van der Waals surface area (Å²) in [5.41, 5.74) is 3.28. The SMILES string of the molecule is CC(C)C1=C2[C@H]3CC[C@@H]4[C@@]5(C)CC[C@H](OC(=O)[C@H]6C[C@@H](C(=O)O)C6(C)C)C(C)(C)[C@@H]5CC[C@@]4(C)[C@]3(C)CC[C@@]2(CCN(CCN(C)C)Cc2ccncn2)CC1=O. The number of Topliss-reactive ketones (excluding diaryl/α,β-unsaturated/α-hetero) is 1. The number of carboxylic acids is 1. The van der Waals surface area contributed by atoms with Gasteiger partial charge in [-0.2, -0.15) is 0 Å². The molecule has 0 aromatic carbocycles. The van der Waals surface area contributed by atoms with Crippen LogP contribution in [0.15, 0.2) is 29.7 Å². The topological polar surface area (TPSA) is 113 Å². The molecular formula is C48H74N4O5. The van der Waals surface area contributed by atoms with Gasteiger partial charge in [0.2, 0.25) is 0 Å². The molecule has 0 bridgehead atoms. The first-order valence-electron chi connectivity index (χ1n) is 22.5. The Balaban J connectivity index is 1.13. The summed E-state index contributed by atoms with van der Waals surface area (Å²) in [6, 6.07) is 2.02. The molecule has 1 heterocycles. The molecule has 316 valence electrons. The van der Waals surface area contributed by atoms with Gasteiger partial charge in [-0.25, -0.2) is 9.97 Å². The van der Waals surface area contributed by atoms with E-state index in [-0.39, 0.29) is 51.0 Å². The minimum Gasteiger partial charge on any atom is -0.481 e. The molecule has 5 fully saturated rings. The molecule has 1 aromatic heterocycles. The third kappa shape index (κ3) is 6.75. The number of carbonyl (C=O) groups is 3. The molecule has 6 aliphatic rings. The minimum atomic E-state index is -0.816. The Labute approximate surface area is 343 Å². The molecule has 1 N–H and O–H groups in total. The Morgan fingerprint density at radius 2 is 1.61 bits per heavy atom. The fourth-order valence-corrected chi connectivity index (χ4v) is 14.8. The zero-order valence-corrected chi connectivity index (χ0v) is 37.2. The molecule has 5 saturated carbocycles. The lowest BCUT2D eigenvalue weighted by Crippen LogP contribution is -2.66. The van der Waals surface area contributed by atoms with Crippen molar-refractivity contribution in [3.05, 3.63) is 35.4 Å². The first-order chi connectivity index (χ1) is 26.6. The maximum atomic E-state index is 14.3. The number of hydrogen-bond acceptors (Lipinski definition) is 8. The van der Waals surface area contributed by atoms with Gasteiger partial charge in [0.25, 0.3) is 0 Å². The molecule has 9 heteroatoms. The molecule has 0 unspecified atom stereocenters. The van der Waals surface area contributed by atoms with Gasteiger partial charge in [0.05, 0.1) is 17.5 Å². The molecular weight excluding hydrogens is 713 g/mol. The number of aromatic nitrogens is 2. The Morgan fingerprint density at radius 3 is 2.25 bits per heavy atom. The van der Waals surface area contributed by atoms with Gasteiger partial charge < -0.3 is 14.7 Å². The van der Waals surface area contributed by atoms with Crippen LogP contribution in [-0.2, 0) is 25.7 Å². The number of ketones is 1.